The smallest absolute Gasteiger partial charge is 0.333 e. The maximum absolute atomic E-state index is 7.59. The van der Waals surface area contributed by atoms with Gasteiger partial charge in [0, 0.05) is 50.0 Å². The molecule has 0 atom stereocenters. The van der Waals surface area contributed by atoms with Crippen molar-refractivity contribution in [3.05, 3.63) is 167 Å². The van der Waals surface area contributed by atoms with E-state index in [1.54, 1.807) is 0 Å². The molecule has 69 heavy (non-hydrogen) atoms. The Morgan fingerprint density at radius 3 is 1.61 bits per heavy atom. The number of para-hydroxylation sites is 2. The fourth-order valence-corrected chi connectivity index (χ4v) is 11.1. The largest absolute Gasteiger partial charge is 0.454 e. The van der Waals surface area contributed by atoms with Gasteiger partial charge in [0.2, 0.25) is 0 Å². The number of hydrogen-bond acceptors (Lipinski definition) is 3. The zero-order valence-electron chi connectivity index (χ0n) is 43.6. The predicted octanol–water partition coefficient (Wildman–Crippen LogP) is 16.7. The number of furan rings is 1. The quantitative estimate of drug-likeness (QED) is 0.165. The molecule has 4 heterocycles. The molecule has 0 aliphatic carbocycles. The van der Waals surface area contributed by atoms with Crippen LogP contribution in [-0.4, -0.2) is 11.4 Å². The van der Waals surface area contributed by atoms with Gasteiger partial charge in [0.05, 0.1) is 22.4 Å². The van der Waals surface area contributed by atoms with Crippen LogP contribution >= 0.6 is 0 Å². The Balaban J connectivity index is 1.35. The lowest BCUT2D eigenvalue weighted by Crippen LogP contribution is -2.60. The highest BCUT2D eigenvalue weighted by atomic mass is 16.3. The van der Waals surface area contributed by atoms with Crippen molar-refractivity contribution >= 4 is 79.0 Å². The second-order valence-electron chi connectivity index (χ2n) is 25.2. The molecule has 2 aromatic heterocycles. The lowest BCUT2D eigenvalue weighted by atomic mass is 9.44. The molecule has 0 saturated carbocycles. The SMILES string of the molecule is CC(C)(C)c1ccc(N2B3c4c(cc(C(C)(C)C)cc4-n4c5ccc(C(C)(C)C)cc5c5c(N(c6ccccc6)c6ccccc6)ccc3c54)-c3oc4c(C(C)(C)C)cc(C(C)(C)C)cc4c32)cc1. The number of hydrogen-bond donors (Lipinski definition) is 0. The summed E-state index contributed by atoms with van der Waals surface area (Å²) in [6.07, 6.45) is 0. The number of nitrogens with zero attached hydrogens (tertiary/aromatic N) is 3. The van der Waals surface area contributed by atoms with E-state index in [0.717, 1.165) is 39.8 Å². The molecule has 5 heteroatoms. The molecule has 7 aromatic carbocycles. The Morgan fingerprint density at radius 2 is 1.04 bits per heavy atom. The van der Waals surface area contributed by atoms with E-state index in [1.807, 2.05) is 0 Å². The first-order chi connectivity index (χ1) is 32.4. The lowest BCUT2D eigenvalue weighted by molar-refractivity contribution is 0.553. The molecular weight excluding hydrogens is 838 g/mol. The molecule has 0 fully saturated rings. The van der Waals surface area contributed by atoms with Gasteiger partial charge in [-0.25, -0.2) is 0 Å². The van der Waals surface area contributed by atoms with E-state index in [2.05, 4.69) is 258 Å². The topological polar surface area (TPSA) is 24.6 Å². The van der Waals surface area contributed by atoms with Crippen LogP contribution in [0.15, 0.2) is 144 Å². The van der Waals surface area contributed by atoms with Crippen LogP contribution in [0.5, 0.6) is 0 Å². The Bertz CT molecular complexity index is 3460. The summed E-state index contributed by atoms with van der Waals surface area (Å²) >= 11 is 0. The summed E-state index contributed by atoms with van der Waals surface area (Å²) in [7, 11) is 0. The molecule has 348 valence electrons. The molecule has 4 nitrogen and oxygen atoms in total. The number of fused-ring (bicyclic) bond motifs is 9. The number of anilines is 5. The van der Waals surface area contributed by atoms with Gasteiger partial charge in [-0.2, -0.15) is 0 Å². The minimum atomic E-state index is -0.175. The minimum absolute atomic E-state index is 0.00330. The van der Waals surface area contributed by atoms with Crippen molar-refractivity contribution < 1.29 is 4.42 Å². The molecular formula is C64H68BN3O. The van der Waals surface area contributed by atoms with Gasteiger partial charge in [0.1, 0.15) is 5.58 Å². The summed E-state index contributed by atoms with van der Waals surface area (Å²) in [5.41, 5.74) is 20.1. The fourth-order valence-electron chi connectivity index (χ4n) is 11.1. The van der Waals surface area contributed by atoms with Gasteiger partial charge < -0.3 is 18.7 Å². The summed E-state index contributed by atoms with van der Waals surface area (Å²) < 4.78 is 10.2. The lowest BCUT2D eigenvalue weighted by Gasteiger charge is -2.41. The molecule has 2 aliphatic rings. The number of benzene rings is 7. The average Bonchev–Trinajstić information content (AvgIpc) is 3.84. The fraction of sp³-hybridized carbons (Fsp3) is 0.312. The Labute approximate surface area is 411 Å². The maximum Gasteiger partial charge on any atom is 0.333 e. The van der Waals surface area contributed by atoms with Gasteiger partial charge in [-0.15, -0.1) is 0 Å². The van der Waals surface area contributed by atoms with Gasteiger partial charge in [-0.05, 0) is 133 Å². The molecule has 0 radical (unpaired) electrons. The van der Waals surface area contributed by atoms with E-state index < -0.39 is 0 Å². The summed E-state index contributed by atoms with van der Waals surface area (Å²) in [4.78, 5) is 5.13. The highest BCUT2D eigenvalue weighted by Crippen LogP contribution is 2.53. The van der Waals surface area contributed by atoms with Crippen molar-refractivity contribution in [1.82, 2.24) is 4.57 Å². The van der Waals surface area contributed by atoms with Gasteiger partial charge in [0.25, 0.3) is 0 Å². The first kappa shape index (κ1) is 45.0. The molecule has 0 bridgehead atoms. The Hall–Kier alpha value is -6.46. The third kappa shape index (κ3) is 7.08. The van der Waals surface area contributed by atoms with Crippen LogP contribution in [0, 0.1) is 0 Å². The highest BCUT2D eigenvalue weighted by Gasteiger charge is 2.48. The summed E-state index contributed by atoms with van der Waals surface area (Å²) in [6, 6.07) is 53.2. The first-order valence-electron chi connectivity index (χ1n) is 25.1. The second kappa shape index (κ2) is 15.0. The Morgan fingerprint density at radius 1 is 0.493 bits per heavy atom. The van der Waals surface area contributed by atoms with E-state index >= 15 is 0 Å². The zero-order chi connectivity index (χ0) is 48.9. The van der Waals surface area contributed by atoms with Crippen molar-refractivity contribution in [2.45, 2.75) is 131 Å². The van der Waals surface area contributed by atoms with Crippen molar-refractivity contribution in [2.75, 3.05) is 9.71 Å². The van der Waals surface area contributed by atoms with Crippen LogP contribution in [0.4, 0.5) is 28.4 Å². The van der Waals surface area contributed by atoms with E-state index in [-0.39, 0.29) is 33.9 Å². The predicted molar refractivity (Wildman–Crippen MR) is 298 cm³/mol. The van der Waals surface area contributed by atoms with Crippen molar-refractivity contribution in [1.29, 1.82) is 0 Å². The van der Waals surface area contributed by atoms with Crippen molar-refractivity contribution in [3.63, 3.8) is 0 Å². The molecule has 0 amide bonds. The van der Waals surface area contributed by atoms with Crippen LogP contribution < -0.4 is 20.6 Å². The maximum atomic E-state index is 7.59. The third-order valence-electron chi connectivity index (χ3n) is 15.1. The van der Waals surface area contributed by atoms with Crippen LogP contribution in [0.3, 0.4) is 0 Å². The number of rotatable bonds is 4. The average molecular weight is 906 g/mol. The van der Waals surface area contributed by atoms with Crippen LogP contribution in [-0.2, 0) is 27.1 Å². The van der Waals surface area contributed by atoms with Crippen LogP contribution in [0.1, 0.15) is 132 Å². The molecule has 11 rings (SSSR count). The molecule has 0 spiro atoms. The van der Waals surface area contributed by atoms with Crippen LogP contribution in [0.2, 0.25) is 0 Å². The van der Waals surface area contributed by atoms with E-state index in [1.165, 1.54) is 77.2 Å². The van der Waals surface area contributed by atoms with Gasteiger partial charge in [-0.3, -0.25) is 0 Å². The van der Waals surface area contributed by atoms with Gasteiger partial charge >= 0.3 is 6.85 Å². The summed E-state index contributed by atoms with van der Waals surface area (Å²) in [6.45, 7) is 34.8. The normalized spacial score (nSPS) is 14.0. The standard InChI is InChI=1S/C64H68BN3O/c1-60(2,3)39-26-29-45(30-27-39)68-56-48-36-41(62(7,8)9)37-49(64(13,14)15)58(48)69-59(56)47-35-42(63(10,11)12)38-53-55(47)65(68)50-31-33-52(66(43-22-18-16-19-23-43)44-24-20-17-21-25-44)54-46-34-40(61(4,5)6)28-32-51(46)67(53)57(50)54/h16-38H,1-15H3. The molecule has 2 aliphatic heterocycles. The van der Waals surface area contributed by atoms with Crippen molar-refractivity contribution in [2.24, 2.45) is 0 Å². The summed E-state index contributed by atoms with van der Waals surface area (Å²) in [5, 5.41) is 3.68. The molecule has 0 unspecified atom stereocenters. The highest BCUT2D eigenvalue weighted by molar-refractivity contribution is 6.94. The minimum Gasteiger partial charge on any atom is -0.454 e. The van der Waals surface area contributed by atoms with E-state index in [0.29, 0.717) is 0 Å². The van der Waals surface area contributed by atoms with Gasteiger partial charge in [0.15, 0.2) is 5.76 Å². The third-order valence-corrected chi connectivity index (χ3v) is 15.1. The first-order valence-corrected chi connectivity index (χ1v) is 25.1. The zero-order valence-corrected chi connectivity index (χ0v) is 43.6. The monoisotopic (exact) mass is 906 g/mol. The Kier molecular flexibility index (Phi) is 9.80. The molecule has 9 aromatic rings. The van der Waals surface area contributed by atoms with E-state index in [9.17, 15) is 0 Å². The molecule has 0 saturated heterocycles. The number of aromatic nitrogens is 1. The van der Waals surface area contributed by atoms with E-state index in [4.69, 9.17) is 4.42 Å². The van der Waals surface area contributed by atoms with Crippen LogP contribution in [0.25, 0.3) is 49.8 Å². The second-order valence-corrected chi connectivity index (χ2v) is 25.2. The molecule has 0 N–H and O–H groups in total. The van der Waals surface area contributed by atoms with Gasteiger partial charge in [-0.1, -0.05) is 171 Å². The summed E-state index contributed by atoms with van der Waals surface area (Å²) in [5.74, 6) is 0.946. The van der Waals surface area contributed by atoms with Crippen molar-refractivity contribution in [3.8, 4) is 17.0 Å².